The number of rotatable bonds is 6. The fourth-order valence-electron chi connectivity index (χ4n) is 6.84. The van der Waals surface area contributed by atoms with Crippen LogP contribution < -0.4 is 14.5 Å². The first kappa shape index (κ1) is 33.2. The molecule has 3 unspecified atom stereocenters. The average Bonchev–Trinajstić information content (AvgIpc) is 2.87. The van der Waals surface area contributed by atoms with Crippen molar-refractivity contribution < 1.29 is 14.5 Å². The van der Waals surface area contributed by atoms with E-state index in [0.29, 0.717) is 17.8 Å². The van der Waals surface area contributed by atoms with Crippen molar-refractivity contribution in [2.75, 3.05) is 19.6 Å². The topological polar surface area (TPSA) is 76.1 Å². The molecule has 0 saturated carbocycles. The van der Waals surface area contributed by atoms with E-state index in [2.05, 4.69) is 104 Å². The summed E-state index contributed by atoms with van der Waals surface area (Å²) < 4.78 is 0. The molecule has 3 aliphatic heterocycles. The monoisotopic (exact) mass is 588 g/mol. The van der Waals surface area contributed by atoms with Crippen LogP contribution in [-0.4, -0.2) is 66.4 Å². The van der Waals surface area contributed by atoms with Crippen LogP contribution in [0.3, 0.4) is 0 Å². The van der Waals surface area contributed by atoms with Crippen LogP contribution in [0.25, 0.3) is 0 Å². The zero-order chi connectivity index (χ0) is 31.7. The largest absolute Gasteiger partial charge is 0.364 e. The Kier molecular flexibility index (Phi) is 8.47. The van der Waals surface area contributed by atoms with Crippen molar-refractivity contribution in [3.63, 3.8) is 0 Å². The zero-order valence-electron chi connectivity index (χ0n) is 29.4. The van der Waals surface area contributed by atoms with Gasteiger partial charge in [-0.1, -0.05) is 62.3 Å². The van der Waals surface area contributed by atoms with Gasteiger partial charge in [0.2, 0.25) is 0 Å². The summed E-state index contributed by atoms with van der Waals surface area (Å²) in [5, 5.41) is 6.09. The van der Waals surface area contributed by atoms with E-state index in [1.165, 1.54) is 0 Å². The highest BCUT2D eigenvalue weighted by molar-refractivity contribution is 5.11. The highest BCUT2D eigenvalue weighted by atomic mass is 16.7. The number of aromatic nitrogens is 3. The molecule has 0 radical (unpaired) electrons. The van der Waals surface area contributed by atoms with Crippen molar-refractivity contribution in [2.45, 2.75) is 140 Å². The summed E-state index contributed by atoms with van der Waals surface area (Å²) in [6, 6.07) is 0.579. The molecule has 0 aromatic carbocycles. The Labute approximate surface area is 256 Å². The molecule has 3 fully saturated rings. The van der Waals surface area contributed by atoms with Gasteiger partial charge < -0.3 is 14.5 Å². The molecule has 1 aromatic heterocycles. The molecule has 4 heterocycles. The Morgan fingerprint density at radius 1 is 0.452 bits per heavy atom. The lowest BCUT2D eigenvalue weighted by molar-refractivity contribution is -0.225. The number of nitrogens with zero attached hydrogens (tertiary/aromatic N) is 6. The van der Waals surface area contributed by atoms with Crippen molar-refractivity contribution in [2.24, 2.45) is 34.0 Å². The van der Waals surface area contributed by atoms with Crippen LogP contribution in [0.2, 0.25) is 0 Å². The molecule has 0 bridgehead atoms. The van der Waals surface area contributed by atoms with E-state index in [9.17, 15) is 0 Å². The predicted molar refractivity (Wildman–Crippen MR) is 167 cm³/mol. The second kappa shape index (κ2) is 10.7. The van der Waals surface area contributed by atoms with E-state index in [-0.39, 0.29) is 50.9 Å². The van der Waals surface area contributed by atoms with Crippen LogP contribution in [0, 0.1) is 34.0 Å². The molecule has 9 heteroatoms. The number of hydroxylamine groups is 6. The minimum absolute atomic E-state index is 0.0249. The third kappa shape index (κ3) is 5.29. The van der Waals surface area contributed by atoms with Crippen LogP contribution >= 0.6 is 0 Å². The maximum Gasteiger partial charge on any atom is 0.345 e. The molecular formula is C33H60N6O3. The summed E-state index contributed by atoms with van der Waals surface area (Å²) in [5.74, 6) is 1.67. The van der Waals surface area contributed by atoms with Gasteiger partial charge in [-0.2, -0.15) is 0 Å². The van der Waals surface area contributed by atoms with Gasteiger partial charge in [0.05, 0.1) is 16.6 Å². The molecule has 3 saturated heterocycles. The number of hydrogen-bond donors (Lipinski definition) is 0. The van der Waals surface area contributed by atoms with Crippen molar-refractivity contribution in [3.05, 3.63) is 0 Å². The Morgan fingerprint density at radius 2 is 0.667 bits per heavy atom. The van der Waals surface area contributed by atoms with Gasteiger partial charge in [0, 0.05) is 19.6 Å². The minimum Gasteiger partial charge on any atom is -0.364 e. The van der Waals surface area contributed by atoms with Crippen LogP contribution in [0.4, 0.5) is 0 Å². The molecule has 1 aromatic rings. The third-order valence-electron chi connectivity index (χ3n) is 13.7. The summed E-state index contributed by atoms with van der Waals surface area (Å²) in [6.45, 7) is 36.6. The SMILES string of the molecule is CC1CCN(Oc2nc(ON3CCC(C)C(C)(C)C3(C)C)nc(ON3CCC(C)C(C)(C)C3(C)C)n2)C(C)(C)C1(C)C. The van der Waals surface area contributed by atoms with Crippen LogP contribution in [0.5, 0.6) is 18.0 Å². The molecule has 0 N–H and O–H groups in total. The first-order valence-electron chi connectivity index (χ1n) is 16.2. The van der Waals surface area contributed by atoms with Crippen LogP contribution in [0.15, 0.2) is 0 Å². The van der Waals surface area contributed by atoms with Gasteiger partial charge in [0.15, 0.2) is 0 Å². The standard InChI is InChI=1S/C33H60N6O3/c1-22-16-19-37(31(10,11)28(22,4)5)40-25-34-26(41-38-20-17-23(2)29(6,7)32(38,12)13)36-27(35-25)42-39-21-18-24(3)30(8,9)33(39,14)15/h22-24H,16-21H2,1-15H3. The van der Waals surface area contributed by atoms with Crippen molar-refractivity contribution in [3.8, 4) is 18.0 Å². The molecule has 3 atom stereocenters. The molecule has 0 amide bonds. The molecule has 3 aliphatic rings. The lowest BCUT2D eigenvalue weighted by Gasteiger charge is -2.55. The Balaban J connectivity index is 1.69. The second-order valence-electron chi connectivity index (χ2n) is 16.7. The van der Waals surface area contributed by atoms with Crippen molar-refractivity contribution in [1.82, 2.24) is 30.1 Å². The smallest absolute Gasteiger partial charge is 0.345 e. The van der Waals surface area contributed by atoms with Crippen LogP contribution in [0.1, 0.15) is 123 Å². The predicted octanol–water partition coefficient (Wildman–Crippen LogP) is 7.19. The number of piperidine rings is 3. The summed E-state index contributed by atoms with van der Waals surface area (Å²) in [5.41, 5.74) is -0.665. The van der Waals surface area contributed by atoms with Gasteiger partial charge in [-0.15, -0.1) is 30.1 Å². The van der Waals surface area contributed by atoms with E-state index in [1.807, 2.05) is 15.2 Å². The highest BCUT2D eigenvalue weighted by Crippen LogP contribution is 2.49. The van der Waals surface area contributed by atoms with Gasteiger partial charge in [0.1, 0.15) is 0 Å². The fraction of sp³-hybridized carbons (Fsp3) is 0.909. The summed E-state index contributed by atoms with van der Waals surface area (Å²) in [6.07, 6.45) is 3.08. The quantitative estimate of drug-likeness (QED) is 0.343. The Bertz CT molecular complexity index is 980. The summed E-state index contributed by atoms with van der Waals surface area (Å²) >= 11 is 0. The van der Waals surface area contributed by atoms with Gasteiger partial charge in [0.25, 0.3) is 0 Å². The lowest BCUT2D eigenvalue weighted by Crippen LogP contribution is -2.62. The third-order valence-corrected chi connectivity index (χ3v) is 13.7. The average molecular weight is 589 g/mol. The van der Waals surface area contributed by atoms with Gasteiger partial charge in [-0.05, 0) is 94.8 Å². The summed E-state index contributed by atoms with van der Waals surface area (Å²) in [4.78, 5) is 33.6. The Morgan fingerprint density at radius 3 is 0.881 bits per heavy atom. The van der Waals surface area contributed by atoms with Crippen molar-refractivity contribution >= 4 is 0 Å². The maximum absolute atomic E-state index is 6.51. The van der Waals surface area contributed by atoms with Crippen LogP contribution in [-0.2, 0) is 0 Å². The van der Waals surface area contributed by atoms with E-state index < -0.39 is 0 Å². The fourth-order valence-corrected chi connectivity index (χ4v) is 6.84. The normalized spacial score (nSPS) is 32.2. The van der Waals surface area contributed by atoms with E-state index >= 15 is 0 Å². The second-order valence-corrected chi connectivity index (χ2v) is 16.7. The van der Waals surface area contributed by atoms with E-state index in [0.717, 1.165) is 38.9 Å². The van der Waals surface area contributed by atoms with E-state index in [4.69, 9.17) is 29.5 Å². The highest BCUT2D eigenvalue weighted by Gasteiger charge is 2.52. The first-order chi connectivity index (χ1) is 19.1. The first-order valence-corrected chi connectivity index (χ1v) is 16.2. The molecule has 0 spiro atoms. The molecular weight excluding hydrogens is 528 g/mol. The molecule has 9 nitrogen and oxygen atoms in total. The lowest BCUT2D eigenvalue weighted by atomic mass is 9.63. The van der Waals surface area contributed by atoms with Gasteiger partial charge >= 0.3 is 18.0 Å². The molecule has 4 rings (SSSR count). The maximum atomic E-state index is 6.51. The minimum atomic E-state index is -0.247. The van der Waals surface area contributed by atoms with Crippen molar-refractivity contribution in [1.29, 1.82) is 0 Å². The van der Waals surface area contributed by atoms with Gasteiger partial charge in [-0.25, -0.2) is 0 Å². The number of hydrogen-bond acceptors (Lipinski definition) is 9. The summed E-state index contributed by atoms with van der Waals surface area (Å²) in [7, 11) is 0. The molecule has 240 valence electrons. The Hall–Kier alpha value is -1.71. The van der Waals surface area contributed by atoms with E-state index in [1.54, 1.807) is 0 Å². The van der Waals surface area contributed by atoms with Gasteiger partial charge in [-0.3, -0.25) is 0 Å². The molecule has 0 aliphatic carbocycles. The molecule has 42 heavy (non-hydrogen) atoms. The zero-order valence-corrected chi connectivity index (χ0v) is 29.4.